The summed E-state index contributed by atoms with van der Waals surface area (Å²) < 4.78 is 0. The summed E-state index contributed by atoms with van der Waals surface area (Å²) in [4.78, 5) is 11.4. The van der Waals surface area contributed by atoms with E-state index < -0.39 is 0 Å². The van der Waals surface area contributed by atoms with Gasteiger partial charge in [0.2, 0.25) is 5.91 Å². The number of benzene rings is 1. The van der Waals surface area contributed by atoms with Crippen LogP contribution in [-0.4, -0.2) is 19.0 Å². The third kappa shape index (κ3) is 5.32. The number of hydrogen-bond donors (Lipinski definition) is 2. The maximum Gasteiger partial charge on any atom is 0.221 e. The zero-order valence-electron chi connectivity index (χ0n) is 11.7. The van der Waals surface area contributed by atoms with Gasteiger partial charge in [0.1, 0.15) is 0 Å². The molecule has 0 bridgehead atoms. The molecule has 0 atom stereocenters. The quantitative estimate of drug-likeness (QED) is 0.727. The van der Waals surface area contributed by atoms with Gasteiger partial charge in [-0.3, -0.25) is 4.79 Å². The first-order valence-electron chi connectivity index (χ1n) is 6.67. The van der Waals surface area contributed by atoms with Crippen molar-refractivity contribution in [2.24, 2.45) is 0 Å². The smallest absolute Gasteiger partial charge is 0.221 e. The highest BCUT2D eigenvalue weighted by Crippen LogP contribution is 2.09. The Morgan fingerprint density at radius 1 is 1.22 bits per heavy atom. The summed E-state index contributed by atoms with van der Waals surface area (Å²) in [6.45, 7) is 8.60. The highest BCUT2D eigenvalue weighted by Gasteiger charge is 2.01. The summed E-state index contributed by atoms with van der Waals surface area (Å²) >= 11 is 0. The number of carbonyl (C=O) groups is 1. The van der Waals surface area contributed by atoms with Gasteiger partial charge in [-0.15, -0.1) is 0 Å². The Labute approximate surface area is 110 Å². The molecule has 1 rings (SSSR count). The SMILES string of the molecule is CCCNC(=O)CCNCc1cc(C)ccc1C. The van der Waals surface area contributed by atoms with Crippen molar-refractivity contribution in [1.29, 1.82) is 0 Å². The average Bonchev–Trinajstić information content (AvgIpc) is 2.36. The van der Waals surface area contributed by atoms with Crippen LogP contribution in [0.4, 0.5) is 0 Å². The van der Waals surface area contributed by atoms with Crippen molar-refractivity contribution in [1.82, 2.24) is 10.6 Å². The topological polar surface area (TPSA) is 41.1 Å². The zero-order chi connectivity index (χ0) is 13.4. The lowest BCUT2D eigenvalue weighted by molar-refractivity contribution is -0.120. The number of nitrogens with one attached hydrogen (secondary N) is 2. The molecule has 0 aliphatic heterocycles. The largest absolute Gasteiger partial charge is 0.356 e. The maximum atomic E-state index is 11.4. The molecular formula is C15H24N2O. The van der Waals surface area contributed by atoms with Crippen LogP contribution in [0.5, 0.6) is 0 Å². The third-order valence-corrected chi connectivity index (χ3v) is 2.92. The Hall–Kier alpha value is -1.35. The molecule has 1 aromatic carbocycles. The first-order valence-corrected chi connectivity index (χ1v) is 6.67. The van der Waals surface area contributed by atoms with E-state index in [0.29, 0.717) is 6.42 Å². The van der Waals surface area contributed by atoms with Crippen LogP contribution in [0.25, 0.3) is 0 Å². The monoisotopic (exact) mass is 248 g/mol. The highest BCUT2D eigenvalue weighted by atomic mass is 16.1. The molecule has 0 aliphatic carbocycles. The second-order valence-electron chi connectivity index (χ2n) is 4.71. The van der Waals surface area contributed by atoms with E-state index in [-0.39, 0.29) is 5.91 Å². The van der Waals surface area contributed by atoms with E-state index in [1.807, 2.05) is 0 Å². The Balaban J connectivity index is 2.25. The molecule has 0 unspecified atom stereocenters. The molecule has 100 valence electrons. The molecule has 3 nitrogen and oxygen atoms in total. The minimum atomic E-state index is 0.130. The predicted octanol–water partition coefficient (Wildman–Crippen LogP) is 2.31. The van der Waals surface area contributed by atoms with Gasteiger partial charge < -0.3 is 10.6 Å². The van der Waals surface area contributed by atoms with E-state index in [9.17, 15) is 4.79 Å². The van der Waals surface area contributed by atoms with Crippen molar-refractivity contribution >= 4 is 5.91 Å². The number of hydrogen-bond acceptors (Lipinski definition) is 2. The standard InChI is InChI=1S/C15H24N2O/c1-4-8-17-15(18)7-9-16-11-14-10-12(2)5-6-13(14)3/h5-6,10,16H,4,7-9,11H2,1-3H3,(H,17,18). The number of rotatable bonds is 7. The summed E-state index contributed by atoms with van der Waals surface area (Å²) in [7, 11) is 0. The summed E-state index contributed by atoms with van der Waals surface area (Å²) in [5.41, 5.74) is 3.88. The fourth-order valence-electron chi connectivity index (χ4n) is 1.77. The molecule has 3 heteroatoms. The molecule has 0 saturated heterocycles. The van der Waals surface area contributed by atoms with Crippen molar-refractivity contribution in [3.63, 3.8) is 0 Å². The van der Waals surface area contributed by atoms with Gasteiger partial charge in [0.15, 0.2) is 0 Å². The van der Waals surface area contributed by atoms with Crippen LogP contribution in [0.2, 0.25) is 0 Å². The van der Waals surface area contributed by atoms with Gasteiger partial charge in [-0.1, -0.05) is 30.7 Å². The van der Waals surface area contributed by atoms with Gasteiger partial charge >= 0.3 is 0 Å². The molecule has 0 aromatic heterocycles. The summed E-state index contributed by atoms with van der Waals surface area (Å²) in [5.74, 6) is 0.130. The Kier molecular flexibility index (Phi) is 6.44. The molecule has 18 heavy (non-hydrogen) atoms. The molecule has 1 amide bonds. The second kappa shape index (κ2) is 7.88. The van der Waals surface area contributed by atoms with E-state index in [2.05, 4.69) is 49.6 Å². The molecule has 0 saturated carbocycles. The first-order chi connectivity index (χ1) is 8.63. The van der Waals surface area contributed by atoms with E-state index in [1.54, 1.807) is 0 Å². The fraction of sp³-hybridized carbons (Fsp3) is 0.533. The van der Waals surface area contributed by atoms with Gasteiger partial charge in [-0.2, -0.15) is 0 Å². The van der Waals surface area contributed by atoms with E-state index in [4.69, 9.17) is 0 Å². The van der Waals surface area contributed by atoms with Gasteiger partial charge in [0.05, 0.1) is 0 Å². The van der Waals surface area contributed by atoms with Crippen LogP contribution in [0.1, 0.15) is 36.5 Å². The average molecular weight is 248 g/mol. The van der Waals surface area contributed by atoms with E-state index in [0.717, 1.165) is 26.1 Å². The van der Waals surface area contributed by atoms with E-state index in [1.165, 1.54) is 16.7 Å². The number of carbonyl (C=O) groups excluding carboxylic acids is 1. The number of aryl methyl sites for hydroxylation is 2. The van der Waals surface area contributed by atoms with Crippen molar-refractivity contribution in [2.75, 3.05) is 13.1 Å². The highest BCUT2D eigenvalue weighted by molar-refractivity contribution is 5.75. The summed E-state index contributed by atoms with van der Waals surface area (Å²) in [6, 6.07) is 6.46. The summed E-state index contributed by atoms with van der Waals surface area (Å²) in [6.07, 6.45) is 1.53. The van der Waals surface area contributed by atoms with Crippen molar-refractivity contribution < 1.29 is 4.79 Å². The third-order valence-electron chi connectivity index (χ3n) is 2.92. The fourth-order valence-corrected chi connectivity index (χ4v) is 1.77. The molecule has 0 fully saturated rings. The zero-order valence-corrected chi connectivity index (χ0v) is 11.7. The number of amides is 1. The lowest BCUT2D eigenvalue weighted by Crippen LogP contribution is -2.28. The normalized spacial score (nSPS) is 10.4. The lowest BCUT2D eigenvalue weighted by Gasteiger charge is -2.09. The maximum absolute atomic E-state index is 11.4. The van der Waals surface area contributed by atoms with E-state index >= 15 is 0 Å². The molecule has 0 spiro atoms. The van der Waals surface area contributed by atoms with Crippen molar-refractivity contribution in [2.45, 2.75) is 40.2 Å². The van der Waals surface area contributed by atoms with Crippen LogP contribution >= 0.6 is 0 Å². The molecule has 0 radical (unpaired) electrons. The van der Waals surface area contributed by atoms with Gasteiger partial charge in [0, 0.05) is 26.1 Å². The molecule has 0 aliphatic rings. The van der Waals surface area contributed by atoms with Gasteiger partial charge in [-0.05, 0) is 31.4 Å². The Morgan fingerprint density at radius 2 is 2.00 bits per heavy atom. The molecule has 0 heterocycles. The van der Waals surface area contributed by atoms with Crippen molar-refractivity contribution in [3.8, 4) is 0 Å². The second-order valence-corrected chi connectivity index (χ2v) is 4.71. The summed E-state index contributed by atoms with van der Waals surface area (Å²) in [5, 5.41) is 6.19. The first kappa shape index (κ1) is 14.7. The van der Waals surface area contributed by atoms with Crippen LogP contribution in [0, 0.1) is 13.8 Å². The minimum absolute atomic E-state index is 0.130. The Bertz CT molecular complexity index is 388. The molecule has 1 aromatic rings. The van der Waals surface area contributed by atoms with Crippen LogP contribution < -0.4 is 10.6 Å². The minimum Gasteiger partial charge on any atom is -0.356 e. The predicted molar refractivity (Wildman–Crippen MR) is 75.5 cm³/mol. The van der Waals surface area contributed by atoms with Crippen LogP contribution in [-0.2, 0) is 11.3 Å². The molecule has 2 N–H and O–H groups in total. The lowest BCUT2D eigenvalue weighted by atomic mass is 10.1. The van der Waals surface area contributed by atoms with Crippen LogP contribution in [0.15, 0.2) is 18.2 Å². The van der Waals surface area contributed by atoms with Gasteiger partial charge in [0.25, 0.3) is 0 Å². The van der Waals surface area contributed by atoms with Crippen LogP contribution in [0.3, 0.4) is 0 Å². The van der Waals surface area contributed by atoms with Gasteiger partial charge in [-0.25, -0.2) is 0 Å². The molecular weight excluding hydrogens is 224 g/mol. The van der Waals surface area contributed by atoms with Crippen molar-refractivity contribution in [3.05, 3.63) is 34.9 Å². The Morgan fingerprint density at radius 3 is 2.72 bits per heavy atom.